The van der Waals surface area contributed by atoms with Gasteiger partial charge in [0, 0.05) is 12.6 Å². The molecule has 2 rings (SSSR count). The molecule has 0 aromatic heterocycles. The fraction of sp³-hybridized carbons (Fsp3) is 0.278. The first-order valence-corrected chi connectivity index (χ1v) is 7.08. The Hall–Kier alpha value is -2.29. The van der Waals surface area contributed by atoms with E-state index in [2.05, 4.69) is 0 Å². The number of amides is 1. The molecule has 110 valence electrons. The molecule has 0 aliphatic carbocycles. The molecule has 0 fully saturated rings. The first-order valence-electron chi connectivity index (χ1n) is 7.08. The van der Waals surface area contributed by atoms with Crippen molar-refractivity contribution in [1.82, 2.24) is 4.90 Å². The highest BCUT2D eigenvalue weighted by molar-refractivity contribution is 5.95. The molecule has 0 spiro atoms. The van der Waals surface area contributed by atoms with Crippen molar-refractivity contribution < 1.29 is 9.53 Å². The molecule has 3 nitrogen and oxygen atoms in total. The molecule has 0 heterocycles. The lowest BCUT2D eigenvalue weighted by Crippen LogP contribution is -2.31. The van der Waals surface area contributed by atoms with Crippen LogP contribution >= 0.6 is 0 Å². The highest BCUT2D eigenvalue weighted by atomic mass is 16.5. The minimum absolute atomic E-state index is 0.0287. The minimum Gasteiger partial charge on any atom is -0.492 e. The van der Waals surface area contributed by atoms with Crippen LogP contribution in [0.4, 0.5) is 0 Å². The number of benzene rings is 2. The first-order chi connectivity index (χ1) is 10.1. The minimum atomic E-state index is 0.0287. The summed E-state index contributed by atoms with van der Waals surface area (Å²) in [5, 5.41) is 0. The molecule has 0 aliphatic rings. The third-order valence-corrected chi connectivity index (χ3v) is 3.41. The van der Waals surface area contributed by atoms with E-state index in [4.69, 9.17) is 4.74 Å². The molecule has 0 radical (unpaired) electrons. The van der Waals surface area contributed by atoms with Crippen molar-refractivity contribution in [2.24, 2.45) is 0 Å². The van der Waals surface area contributed by atoms with Gasteiger partial charge in [-0.3, -0.25) is 4.79 Å². The summed E-state index contributed by atoms with van der Waals surface area (Å²) in [6.07, 6.45) is 0. The van der Waals surface area contributed by atoms with Crippen LogP contribution in [0.25, 0.3) is 0 Å². The van der Waals surface area contributed by atoms with Gasteiger partial charge in [-0.2, -0.15) is 0 Å². The number of hydrogen-bond acceptors (Lipinski definition) is 2. The summed E-state index contributed by atoms with van der Waals surface area (Å²) in [6.45, 7) is 5.02. The van der Waals surface area contributed by atoms with Gasteiger partial charge >= 0.3 is 0 Å². The van der Waals surface area contributed by atoms with Crippen LogP contribution in [0.2, 0.25) is 0 Å². The van der Waals surface area contributed by atoms with E-state index < -0.39 is 0 Å². The van der Waals surface area contributed by atoms with Crippen molar-refractivity contribution in [2.45, 2.75) is 13.8 Å². The Morgan fingerprint density at radius 3 is 2.57 bits per heavy atom. The summed E-state index contributed by atoms with van der Waals surface area (Å²) in [4.78, 5) is 14.0. The highest BCUT2D eigenvalue weighted by Crippen LogP contribution is 2.13. The molecule has 0 atom stereocenters. The number of rotatable bonds is 5. The maximum atomic E-state index is 12.3. The van der Waals surface area contributed by atoms with Crippen LogP contribution < -0.4 is 4.74 Å². The van der Waals surface area contributed by atoms with Crippen molar-refractivity contribution in [3.8, 4) is 5.75 Å². The van der Waals surface area contributed by atoms with E-state index in [1.165, 1.54) is 0 Å². The van der Waals surface area contributed by atoms with Crippen LogP contribution in [0, 0.1) is 13.8 Å². The monoisotopic (exact) mass is 283 g/mol. The van der Waals surface area contributed by atoms with Crippen molar-refractivity contribution in [3.63, 3.8) is 0 Å². The first kappa shape index (κ1) is 15.1. The van der Waals surface area contributed by atoms with Crippen LogP contribution in [-0.2, 0) is 0 Å². The second-order valence-corrected chi connectivity index (χ2v) is 5.21. The molecule has 0 N–H and O–H groups in total. The molecule has 2 aromatic carbocycles. The van der Waals surface area contributed by atoms with Crippen molar-refractivity contribution in [3.05, 3.63) is 65.2 Å². The van der Waals surface area contributed by atoms with Gasteiger partial charge in [0.1, 0.15) is 12.4 Å². The zero-order chi connectivity index (χ0) is 15.2. The molecule has 2 aromatic rings. The number of hydrogen-bond donors (Lipinski definition) is 0. The Labute approximate surface area is 126 Å². The summed E-state index contributed by atoms with van der Waals surface area (Å²) < 4.78 is 5.68. The van der Waals surface area contributed by atoms with E-state index >= 15 is 0 Å². The van der Waals surface area contributed by atoms with Gasteiger partial charge in [0.25, 0.3) is 5.91 Å². The smallest absolute Gasteiger partial charge is 0.253 e. The maximum absolute atomic E-state index is 12.3. The predicted octanol–water partition coefficient (Wildman–Crippen LogP) is 3.45. The van der Waals surface area contributed by atoms with E-state index in [9.17, 15) is 4.79 Å². The molecule has 1 amide bonds. The third kappa shape index (κ3) is 4.09. The second-order valence-electron chi connectivity index (χ2n) is 5.21. The topological polar surface area (TPSA) is 29.5 Å². The molecule has 0 saturated heterocycles. The second kappa shape index (κ2) is 6.93. The summed E-state index contributed by atoms with van der Waals surface area (Å²) >= 11 is 0. The average Bonchev–Trinajstić information content (AvgIpc) is 2.47. The molecule has 0 aliphatic heterocycles. The lowest BCUT2D eigenvalue weighted by Gasteiger charge is -2.18. The van der Waals surface area contributed by atoms with Crippen LogP contribution in [-0.4, -0.2) is 31.0 Å². The normalized spacial score (nSPS) is 10.2. The van der Waals surface area contributed by atoms with E-state index in [0.29, 0.717) is 13.2 Å². The number of aryl methyl sites for hydroxylation is 2. The number of carbonyl (C=O) groups excluding carboxylic acids is 1. The van der Waals surface area contributed by atoms with E-state index in [1.807, 2.05) is 62.4 Å². The van der Waals surface area contributed by atoms with Crippen LogP contribution in [0.5, 0.6) is 5.75 Å². The van der Waals surface area contributed by atoms with Gasteiger partial charge in [-0.1, -0.05) is 30.3 Å². The SMILES string of the molecule is Cc1cccc(OCCN(C)C(=O)c2ccccc2C)c1. The lowest BCUT2D eigenvalue weighted by molar-refractivity contribution is 0.0773. The standard InChI is InChI=1S/C18H21NO2/c1-14-7-6-9-16(13-14)21-12-11-19(3)18(20)17-10-5-4-8-15(17)2/h4-10,13H,11-12H2,1-3H3. The Morgan fingerprint density at radius 1 is 1.10 bits per heavy atom. The van der Waals surface area contributed by atoms with Crippen molar-refractivity contribution in [1.29, 1.82) is 0 Å². The number of likely N-dealkylation sites (N-methyl/N-ethyl adjacent to an activating group) is 1. The molecule has 0 unspecified atom stereocenters. The van der Waals surface area contributed by atoms with E-state index in [-0.39, 0.29) is 5.91 Å². The fourth-order valence-electron chi connectivity index (χ4n) is 2.13. The molecular weight excluding hydrogens is 262 g/mol. The zero-order valence-corrected chi connectivity index (χ0v) is 12.8. The molecule has 3 heteroatoms. The average molecular weight is 283 g/mol. The van der Waals surface area contributed by atoms with Gasteiger partial charge in [-0.25, -0.2) is 0 Å². The fourth-order valence-corrected chi connectivity index (χ4v) is 2.13. The van der Waals surface area contributed by atoms with Gasteiger partial charge in [-0.05, 0) is 43.2 Å². The number of ether oxygens (including phenoxy) is 1. The van der Waals surface area contributed by atoms with Gasteiger partial charge in [0.15, 0.2) is 0 Å². The van der Waals surface area contributed by atoms with Crippen LogP contribution in [0.3, 0.4) is 0 Å². The zero-order valence-electron chi connectivity index (χ0n) is 12.8. The van der Waals surface area contributed by atoms with Crippen molar-refractivity contribution >= 4 is 5.91 Å². The summed E-state index contributed by atoms with van der Waals surface area (Å²) in [6, 6.07) is 15.5. The van der Waals surface area contributed by atoms with Gasteiger partial charge < -0.3 is 9.64 Å². The van der Waals surface area contributed by atoms with Crippen molar-refractivity contribution in [2.75, 3.05) is 20.2 Å². The summed E-state index contributed by atoms with van der Waals surface area (Å²) in [5.74, 6) is 0.868. The third-order valence-electron chi connectivity index (χ3n) is 3.41. The predicted molar refractivity (Wildman–Crippen MR) is 84.8 cm³/mol. The maximum Gasteiger partial charge on any atom is 0.253 e. The Kier molecular flexibility index (Phi) is 4.99. The van der Waals surface area contributed by atoms with Gasteiger partial charge in [-0.15, -0.1) is 0 Å². The quantitative estimate of drug-likeness (QED) is 0.841. The summed E-state index contributed by atoms with van der Waals surface area (Å²) in [5.41, 5.74) is 2.90. The van der Waals surface area contributed by atoms with Gasteiger partial charge in [0.05, 0.1) is 6.54 Å². The Bertz CT molecular complexity index is 622. The summed E-state index contributed by atoms with van der Waals surface area (Å²) in [7, 11) is 1.80. The van der Waals surface area contributed by atoms with E-state index in [1.54, 1.807) is 11.9 Å². The molecule has 21 heavy (non-hydrogen) atoms. The molecule has 0 bridgehead atoms. The Balaban J connectivity index is 1.89. The largest absolute Gasteiger partial charge is 0.492 e. The molecule has 0 saturated carbocycles. The van der Waals surface area contributed by atoms with Crippen LogP contribution in [0.15, 0.2) is 48.5 Å². The highest BCUT2D eigenvalue weighted by Gasteiger charge is 2.13. The van der Waals surface area contributed by atoms with E-state index in [0.717, 1.165) is 22.4 Å². The number of carbonyl (C=O) groups is 1. The molecular formula is C18H21NO2. The lowest BCUT2D eigenvalue weighted by atomic mass is 10.1. The Morgan fingerprint density at radius 2 is 1.86 bits per heavy atom. The number of nitrogens with zero attached hydrogens (tertiary/aromatic N) is 1. The van der Waals surface area contributed by atoms with Gasteiger partial charge in [0.2, 0.25) is 0 Å². The van der Waals surface area contributed by atoms with Crippen LogP contribution in [0.1, 0.15) is 21.5 Å².